The summed E-state index contributed by atoms with van der Waals surface area (Å²) in [5, 5.41) is 8.31. The topological polar surface area (TPSA) is 74.5 Å². The van der Waals surface area contributed by atoms with Crippen molar-refractivity contribution in [2.75, 3.05) is 5.73 Å². The van der Waals surface area contributed by atoms with Crippen LogP contribution >= 0.6 is 15.9 Å². The molecule has 0 saturated carbocycles. The van der Waals surface area contributed by atoms with E-state index < -0.39 is 0 Å². The quantitative estimate of drug-likeness (QED) is 0.926. The molecule has 0 aliphatic carbocycles. The van der Waals surface area contributed by atoms with Gasteiger partial charge in [0.2, 0.25) is 0 Å². The highest BCUT2D eigenvalue weighted by atomic mass is 79.9. The zero-order valence-electron chi connectivity index (χ0n) is 9.13. The average molecular weight is 285 g/mol. The summed E-state index contributed by atoms with van der Waals surface area (Å²) in [7, 11) is 0. The molecule has 0 bridgehead atoms. The van der Waals surface area contributed by atoms with Gasteiger partial charge in [0.25, 0.3) is 0 Å². The lowest BCUT2D eigenvalue weighted by molar-refractivity contribution is 0.488. The van der Waals surface area contributed by atoms with E-state index in [0.717, 1.165) is 10.3 Å². The van der Waals surface area contributed by atoms with Gasteiger partial charge in [0.15, 0.2) is 5.82 Å². The second-order valence-electron chi connectivity index (χ2n) is 3.77. The molecular weight excluding hydrogens is 272 g/mol. The summed E-state index contributed by atoms with van der Waals surface area (Å²) in [4.78, 5) is 4.21. The van der Waals surface area contributed by atoms with Crippen LogP contribution in [0, 0.1) is 0 Å². The maximum absolute atomic E-state index is 5.65. The summed E-state index contributed by atoms with van der Waals surface area (Å²) in [6.45, 7) is 4.69. The Bertz CT molecular complexity index is 466. The molecular formula is C9H13BrN6. The highest BCUT2D eigenvalue weighted by molar-refractivity contribution is 9.10. The molecule has 0 saturated heterocycles. The first-order valence-corrected chi connectivity index (χ1v) is 5.74. The fourth-order valence-corrected chi connectivity index (χ4v) is 1.77. The predicted octanol–water partition coefficient (Wildman–Crippen LogP) is 1.45. The lowest BCUT2D eigenvalue weighted by atomic mass is 10.4. The first kappa shape index (κ1) is 11.1. The highest BCUT2D eigenvalue weighted by Crippen LogP contribution is 2.17. The van der Waals surface area contributed by atoms with Gasteiger partial charge in [-0.2, -0.15) is 10.2 Å². The molecule has 2 aromatic heterocycles. The van der Waals surface area contributed by atoms with E-state index in [4.69, 9.17) is 5.73 Å². The van der Waals surface area contributed by atoms with Gasteiger partial charge >= 0.3 is 0 Å². The first-order chi connectivity index (χ1) is 7.58. The monoisotopic (exact) mass is 284 g/mol. The second kappa shape index (κ2) is 4.25. The Kier molecular flexibility index (Phi) is 2.95. The largest absolute Gasteiger partial charge is 0.381 e. The van der Waals surface area contributed by atoms with E-state index in [0.29, 0.717) is 12.4 Å². The number of hydrogen-bond acceptors (Lipinski definition) is 4. The van der Waals surface area contributed by atoms with Gasteiger partial charge in [-0.15, -0.1) is 0 Å². The fraction of sp³-hybridized carbons (Fsp3) is 0.444. The van der Waals surface area contributed by atoms with Gasteiger partial charge in [-0.25, -0.2) is 9.67 Å². The zero-order valence-corrected chi connectivity index (χ0v) is 10.7. The molecule has 16 heavy (non-hydrogen) atoms. The van der Waals surface area contributed by atoms with Gasteiger partial charge in [-0.05, 0) is 29.8 Å². The molecule has 0 aliphatic rings. The summed E-state index contributed by atoms with van der Waals surface area (Å²) < 4.78 is 4.40. The summed E-state index contributed by atoms with van der Waals surface area (Å²) in [5.74, 6) is 1.35. The molecule has 0 spiro atoms. The van der Waals surface area contributed by atoms with Crippen LogP contribution in [0.25, 0.3) is 0 Å². The molecule has 0 aliphatic heterocycles. The van der Waals surface area contributed by atoms with E-state index >= 15 is 0 Å². The van der Waals surface area contributed by atoms with Crippen molar-refractivity contribution >= 4 is 21.7 Å². The summed E-state index contributed by atoms with van der Waals surface area (Å²) in [6, 6.07) is 0.286. The third-order valence-corrected chi connectivity index (χ3v) is 2.79. The molecule has 0 aromatic carbocycles. The lowest BCUT2D eigenvalue weighted by Crippen LogP contribution is -2.12. The summed E-state index contributed by atoms with van der Waals surface area (Å²) in [5.41, 5.74) is 5.65. The maximum Gasteiger partial charge on any atom is 0.159 e. The number of anilines is 1. The van der Waals surface area contributed by atoms with Gasteiger partial charge in [0, 0.05) is 12.2 Å². The van der Waals surface area contributed by atoms with Crippen LogP contribution in [0.4, 0.5) is 5.82 Å². The van der Waals surface area contributed by atoms with Crippen LogP contribution in [0.15, 0.2) is 17.0 Å². The van der Waals surface area contributed by atoms with Crippen molar-refractivity contribution in [3.05, 3.63) is 22.8 Å². The minimum Gasteiger partial charge on any atom is -0.381 e. The normalized spacial score (nSPS) is 11.2. The van der Waals surface area contributed by atoms with Crippen LogP contribution in [-0.4, -0.2) is 24.5 Å². The van der Waals surface area contributed by atoms with Crippen molar-refractivity contribution in [3.63, 3.8) is 0 Å². The van der Waals surface area contributed by atoms with Crippen molar-refractivity contribution < 1.29 is 0 Å². The second-order valence-corrected chi connectivity index (χ2v) is 4.63. The Morgan fingerprint density at radius 2 is 2.25 bits per heavy atom. The van der Waals surface area contributed by atoms with Gasteiger partial charge < -0.3 is 5.73 Å². The van der Waals surface area contributed by atoms with Crippen LogP contribution < -0.4 is 5.73 Å². The van der Waals surface area contributed by atoms with Crippen molar-refractivity contribution in [1.29, 1.82) is 0 Å². The van der Waals surface area contributed by atoms with Gasteiger partial charge in [-0.1, -0.05) is 0 Å². The molecule has 86 valence electrons. The third kappa shape index (κ3) is 2.08. The smallest absolute Gasteiger partial charge is 0.159 e. The third-order valence-electron chi connectivity index (χ3n) is 2.18. The predicted molar refractivity (Wildman–Crippen MR) is 63.8 cm³/mol. The number of nitrogen functional groups attached to an aromatic ring is 1. The molecule has 2 N–H and O–H groups in total. The molecule has 0 unspecified atom stereocenters. The molecule has 7 heteroatoms. The summed E-state index contributed by atoms with van der Waals surface area (Å²) >= 11 is 3.32. The molecule has 0 atom stereocenters. The Balaban J connectivity index is 2.23. The van der Waals surface area contributed by atoms with E-state index in [9.17, 15) is 0 Å². The van der Waals surface area contributed by atoms with Crippen molar-refractivity contribution in [3.8, 4) is 0 Å². The van der Waals surface area contributed by atoms with E-state index in [1.54, 1.807) is 11.0 Å². The number of nitrogens with zero attached hydrogens (tertiary/aromatic N) is 5. The number of rotatable bonds is 3. The minimum atomic E-state index is 0.286. The first-order valence-electron chi connectivity index (χ1n) is 4.94. The minimum absolute atomic E-state index is 0.286. The van der Waals surface area contributed by atoms with Crippen LogP contribution in [-0.2, 0) is 6.54 Å². The highest BCUT2D eigenvalue weighted by Gasteiger charge is 2.10. The van der Waals surface area contributed by atoms with Crippen molar-refractivity contribution in [1.82, 2.24) is 24.5 Å². The van der Waals surface area contributed by atoms with Gasteiger partial charge in [0.1, 0.15) is 18.7 Å². The zero-order chi connectivity index (χ0) is 11.7. The van der Waals surface area contributed by atoms with Crippen LogP contribution in [0.1, 0.15) is 25.7 Å². The van der Waals surface area contributed by atoms with Crippen LogP contribution in [0.5, 0.6) is 0 Å². The Morgan fingerprint density at radius 1 is 1.50 bits per heavy atom. The standard InChI is InChI=1S/C9H13BrN6/c1-6(2)16-8(12-5-13-16)4-15-3-7(10)9(11)14-15/h3,5-6H,4H2,1-2H3,(H2,11,14). The lowest BCUT2D eigenvalue weighted by Gasteiger charge is -2.08. The molecule has 0 radical (unpaired) electrons. The fourth-order valence-electron chi connectivity index (χ4n) is 1.46. The molecule has 6 nitrogen and oxygen atoms in total. The number of halogens is 1. The molecule has 2 aromatic rings. The average Bonchev–Trinajstić information content (AvgIpc) is 2.75. The van der Waals surface area contributed by atoms with Crippen molar-refractivity contribution in [2.45, 2.75) is 26.4 Å². The van der Waals surface area contributed by atoms with Crippen molar-refractivity contribution in [2.24, 2.45) is 0 Å². The van der Waals surface area contributed by atoms with Crippen LogP contribution in [0.2, 0.25) is 0 Å². The molecule has 0 fully saturated rings. The van der Waals surface area contributed by atoms with E-state index in [1.807, 2.05) is 10.9 Å². The Labute approximate surface area is 102 Å². The molecule has 0 amide bonds. The van der Waals surface area contributed by atoms with Crippen LogP contribution in [0.3, 0.4) is 0 Å². The Hall–Kier alpha value is -1.37. The van der Waals surface area contributed by atoms with Gasteiger partial charge in [0.05, 0.1) is 4.47 Å². The number of aromatic nitrogens is 5. The SMILES string of the molecule is CC(C)n1ncnc1Cn1cc(Br)c(N)n1. The summed E-state index contributed by atoms with van der Waals surface area (Å²) in [6.07, 6.45) is 3.38. The van der Waals surface area contributed by atoms with E-state index in [-0.39, 0.29) is 6.04 Å². The van der Waals surface area contributed by atoms with Gasteiger partial charge in [-0.3, -0.25) is 4.68 Å². The molecule has 2 heterocycles. The number of nitrogens with two attached hydrogens (primary N) is 1. The Morgan fingerprint density at radius 3 is 2.81 bits per heavy atom. The maximum atomic E-state index is 5.65. The van der Waals surface area contributed by atoms with E-state index in [1.165, 1.54) is 0 Å². The molecule has 2 rings (SSSR count). The van der Waals surface area contributed by atoms with E-state index in [2.05, 4.69) is 45.0 Å². The number of hydrogen-bond donors (Lipinski definition) is 1.